The first-order valence-corrected chi connectivity index (χ1v) is 24.7. The number of carbonyl (C=O) groups is 5. The van der Waals surface area contributed by atoms with Crippen LogP contribution in [0.4, 0.5) is 4.79 Å². The first-order valence-electron chi connectivity index (χ1n) is 23.8. The standard InChI is InChI=1S/C50H68N10O7S/c1-10-41(61)51-19-21-57-22-24-58(25-23-57)49(65)56(8)44(31(3)4)46(62)54-38-27-42-53-39(29-68-42)33-16-17-40-35(26-33)36(45(59(40)11-2)34-14-12-18-52-43(34)32(5)66-9)28-50(6,7)30-67-48(64)37-15-13-20-60(55-37)47(38)63/h10,12,14,16-18,26,29,31-32,37-38,44,55H,1,11,13,15,19-25,27-28,30H2,2-9H3,(H,51,61)(H,54,62)/t32-,37-,38-,44-/m0/s1. The molecule has 2 fully saturated rings. The SMILES string of the molecule is C=CC(=O)NCCN1CCN(C(=O)N(C)[C@H](C(=O)N[C@H]2Cc3nc(cs3)-c3ccc4c(c3)c(c(-c3cccnc3[C@H](C)OC)n4CC)CC(C)(C)COC(=O)[C@@H]3CCCN(N3)C2=O)C(C)C)CC1. The van der Waals surface area contributed by atoms with E-state index in [0.29, 0.717) is 76.6 Å². The van der Waals surface area contributed by atoms with Crippen molar-refractivity contribution in [3.63, 3.8) is 0 Å². The number of piperazine rings is 1. The van der Waals surface area contributed by atoms with Gasteiger partial charge in [-0.15, -0.1) is 11.3 Å². The molecule has 3 aliphatic heterocycles. The maximum absolute atomic E-state index is 14.7. The molecule has 4 aromatic rings. The molecule has 3 N–H and O–H groups in total. The van der Waals surface area contributed by atoms with Crippen LogP contribution in [0.1, 0.15) is 76.8 Å². The van der Waals surface area contributed by atoms with Crippen LogP contribution in [0.25, 0.3) is 33.4 Å². The van der Waals surface area contributed by atoms with Crippen LogP contribution in [0.5, 0.6) is 0 Å². The molecule has 18 heteroatoms. The third kappa shape index (κ3) is 11.1. The van der Waals surface area contributed by atoms with Crippen LogP contribution in [-0.2, 0) is 48.0 Å². The number of aryl methyl sites for hydroxylation is 1. The topological polar surface area (TPSA) is 184 Å². The molecule has 0 unspecified atom stereocenters. The van der Waals surface area contributed by atoms with Gasteiger partial charge < -0.3 is 34.5 Å². The number of esters is 1. The van der Waals surface area contributed by atoms with Gasteiger partial charge in [0, 0.05) is 112 Å². The van der Waals surface area contributed by atoms with Gasteiger partial charge in [-0.05, 0) is 74.9 Å². The van der Waals surface area contributed by atoms with E-state index in [2.05, 4.69) is 77.1 Å². The van der Waals surface area contributed by atoms with Crippen LogP contribution in [-0.4, -0.2) is 149 Å². The summed E-state index contributed by atoms with van der Waals surface area (Å²) < 4.78 is 14.2. The number of carbonyl (C=O) groups excluding carboxylic acids is 5. The van der Waals surface area contributed by atoms with Gasteiger partial charge in [0.2, 0.25) is 11.8 Å². The van der Waals surface area contributed by atoms with Crippen LogP contribution in [0.2, 0.25) is 0 Å². The molecule has 0 radical (unpaired) electrons. The third-order valence-corrected chi connectivity index (χ3v) is 14.2. The Hall–Kier alpha value is -5.69. The van der Waals surface area contributed by atoms with Crippen molar-refractivity contribution in [3.8, 4) is 22.5 Å². The quantitative estimate of drug-likeness (QED) is 0.125. The Bertz CT molecular complexity index is 2490. The second-order valence-electron chi connectivity index (χ2n) is 19.2. The summed E-state index contributed by atoms with van der Waals surface area (Å²) in [5.74, 6) is -1.86. The minimum absolute atomic E-state index is 0.0831. The summed E-state index contributed by atoms with van der Waals surface area (Å²) >= 11 is 1.41. The van der Waals surface area contributed by atoms with Crippen LogP contribution in [0.3, 0.4) is 0 Å². The Kier molecular flexibility index (Phi) is 16.0. The smallest absolute Gasteiger partial charge is 0.324 e. The minimum Gasteiger partial charge on any atom is -0.464 e. The highest BCUT2D eigenvalue weighted by atomic mass is 32.1. The summed E-state index contributed by atoms with van der Waals surface area (Å²) in [5, 5.41) is 10.9. The number of amides is 5. The number of fused-ring (bicyclic) bond motifs is 6. The van der Waals surface area contributed by atoms with E-state index in [-0.39, 0.29) is 37.0 Å². The van der Waals surface area contributed by atoms with Gasteiger partial charge in [0.25, 0.3) is 5.91 Å². The number of benzene rings is 1. The van der Waals surface area contributed by atoms with E-state index in [1.807, 2.05) is 32.2 Å². The van der Waals surface area contributed by atoms with Crippen LogP contribution < -0.4 is 16.1 Å². The number of hydrogen-bond acceptors (Lipinski definition) is 12. The van der Waals surface area contributed by atoms with Gasteiger partial charge in [-0.3, -0.25) is 34.1 Å². The first kappa shape index (κ1) is 50.2. The lowest BCUT2D eigenvalue weighted by Crippen LogP contribution is -2.63. The van der Waals surface area contributed by atoms with Crippen molar-refractivity contribution in [2.75, 3.05) is 66.6 Å². The monoisotopic (exact) mass is 952 g/mol. The molecule has 0 aliphatic carbocycles. The van der Waals surface area contributed by atoms with Crippen molar-refractivity contribution >= 4 is 52.0 Å². The number of ether oxygens (including phenoxy) is 2. The fraction of sp³-hybridized carbons (Fsp3) is 0.540. The zero-order valence-electron chi connectivity index (χ0n) is 40.8. The molecule has 0 spiro atoms. The number of aromatic nitrogens is 3. The fourth-order valence-electron chi connectivity index (χ4n) is 9.66. The van der Waals surface area contributed by atoms with Crippen molar-refractivity contribution in [1.82, 2.24) is 50.3 Å². The molecule has 17 nitrogen and oxygen atoms in total. The number of nitrogens with zero attached hydrogens (tertiary/aromatic N) is 7. The highest BCUT2D eigenvalue weighted by molar-refractivity contribution is 7.10. The van der Waals surface area contributed by atoms with Gasteiger partial charge in [0.15, 0.2) is 0 Å². The molecule has 1 aromatic carbocycles. The van der Waals surface area contributed by atoms with Crippen molar-refractivity contribution < 1.29 is 33.4 Å². The van der Waals surface area contributed by atoms with Crippen molar-refractivity contribution in [2.24, 2.45) is 11.3 Å². The average Bonchev–Trinajstić information content (AvgIpc) is 3.93. The van der Waals surface area contributed by atoms with Crippen LogP contribution >= 0.6 is 11.3 Å². The molecule has 3 aliphatic rings. The molecule has 7 rings (SSSR count). The molecule has 366 valence electrons. The lowest BCUT2D eigenvalue weighted by Gasteiger charge is -2.39. The fourth-order valence-corrected chi connectivity index (χ4v) is 10.5. The molecule has 4 atom stereocenters. The van der Waals surface area contributed by atoms with Gasteiger partial charge in [0.1, 0.15) is 18.1 Å². The van der Waals surface area contributed by atoms with Crippen LogP contribution in [0, 0.1) is 11.3 Å². The van der Waals surface area contributed by atoms with E-state index in [9.17, 15) is 24.0 Å². The number of methoxy groups -OCH3 is 1. The molecular formula is C50H68N10O7S. The lowest BCUT2D eigenvalue weighted by atomic mass is 9.84. The Labute approximate surface area is 403 Å². The molecule has 3 aromatic heterocycles. The highest BCUT2D eigenvalue weighted by Crippen LogP contribution is 2.42. The molecule has 0 saturated carbocycles. The Morgan fingerprint density at radius 1 is 1.12 bits per heavy atom. The van der Waals surface area contributed by atoms with Crippen molar-refractivity contribution in [2.45, 2.75) is 98.0 Å². The second-order valence-corrected chi connectivity index (χ2v) is 20.1. The highest BCUT2D eigenvalue weighted by Gasteiger charge is 2.39. The molecule has 5 amide bonds. The molecular weight excluding hydrogens is 885 g/mol. The van der Waals surface area contributed by atoms with E-state index in [4.69, 9.17) is 19.4 Å². The Morgan fingerprint density at radius 3 is 2.59 bits per heavy atom. The molecule has 6 bridgehead atoms. The molecule has 6 heterocycles. The minimum atomic E-state index is -1.07. The largest absolute Gasteiger partial charge is 0.464 e. The average molecular weight is 953 g/mol. The summed E-state index contributed by atoms with van der Waals surface area (Å²) in [6.07, 6.45) is 4.45. The number of thiazole rings is 1. The molecule has 68 heavy (non-hydrogen) atoms. The third-order valence-electron chi connectivity index (χ3n) is 13.3. The number of urea groups is 1. The second kappa shape index (κ2) is 21.7. The zero-order valence-corrected chi connectivity index (χ0v) is 41.6. The van der Waals surface area contributed by atoms with Crippen molar-refractivity contribution in [3.05, 3.63) is 70.8 Å². The summed E-state index contributed by atoms with van der Waals surface area (Å²) in [6, 6.07) is 7.38. The van der Waals surface area contributed by atoms with Crippen LogP contribution in [0.15, 0.2) is 54.6 Å². The van der Waals surface area contributed by atoms with Gasteiger partial charge in [-0.1, -0.05) is 40.3 Å². The van der Waals surface area contributed by atoms with Gasteiger partial charge in [-0.2, -0.15) is 0 Å². The van der Waals surface area contributed by atoms with E-state index >= 15 is 0 Å². The number of hydrogen-bond donors (Lipinski definition) is 3. The summed E-state index contributed by atoms with van der Waals surface area (Å²) in [4.78, 5) is 84.0. The zero-order chi connectivity index (χ0) is 48.9. The van der Waals surface area contributed by atoms with Gasteiger partial charge in [0.05, 0.1) is 34.8 Å². The van der Waals surface area contributed by atoms with Gasteiger partial charge in [-0.25, -0.2) is 15.2 Å². The molecule has 2 saturated heterocycles. The van der Waals surface area contributed by atoms with Gasteiger partial charge >= 0.3 is 12.0 Å². The maximum Gasteiger partial charge on any atom is 0.324 e. The summed E-state index contributed by atoms with van der Waals surface area (Å²) in [7, 11) is 3.31. The Balaban J connectivity index is 1.20. The normalized spacial score (nSPS) is 20.1. The number of hydrazine groups is 1. The van der Waals surface area contributed by atoms with E-state index in [1.165, 1.54) is 27.3 Å². The first-order chi connectivity index (χ1) is 32.5. The number of rotatable bonds is 12. The van der Waals surface area contributed by atoms with E-state index in [0.717, 1.165) is 44.7 Å². The maximum atomic E-state index is 14.7. The predicted molar refractivity (Wildman–Crippen MR) is 262 cm³/mol. The lowest BCUT2D eigenvalue weighted by molar-refractivity contribution is -0.155. The van der Waals surface area contributed by atoms with Crippen molar-refractivity contribution in [1.29, 1.82) is 0 Å². The summed E-state index contributed by atoms with van der Waals surface area (Å²) in [5.41, 5.74) is 9.29. The van der Waals surface area contributed by atoms with E-state index in [1.54, 1.807) is 25.3 Å². The summed E-state index contributed by atoms with van der Waals surface area (Å²) in [6.45, 7) is 20.0. The number of pyridine rings is 1. The number of likely N-dealkylation sites (N-methyl/N-ethyl adjacent to an activating group) is 1. The number of nitrogens with one attached hydrogen (secondary N) is 3. The Morgan fingerprint density at radius 2 is 1.88 bits per heavy atom. The number of cyclic esters (lactones) is 1. The van der Waals surface area contributed by atoms with E-state index < -0.39 is 41.3 Å². The predicted octanol–water partition coefficient (Wildman–Crippen LogP) is 5.20.